The summed E-state index contributed by atoms with van der Waals surface area (Å²) in [5.74, 6) is 0.878. The molecule has 1 N–H and O–H groups in total. The second-order valence-electron chi connectivity index (χ2n) is 5.57. The molecule has 1 unspecified atom stereocenters. The largest absolute Gasteiger partial charge is 0.370 e. The van der Waals surface area contributed by atoms with Gasteiger partial charge in [0.15, 0.2) is 0 Å². The molecule has 0 fully saturated rings. The first kappa shape index (κ1) is 17.5. The van der Waals surface area contributed by atoms with Gasteiger partial charge in [-0.05, 0) is 38.3 Å². The van der Waals surface area contributed by atoms with E-state index in [2.05, 4.69) is 38.0 Å². The number of aryl methyl sites for hydroxylation is 1. The molecule has 1 aromatic heterocycles. The van der Waals surface area contributed by atoms with Crippen LogP contribution in [0.4, 0.5) is 5.82 Å². The van der Waals surface area contributed by atoms with Crippen molar-refractivity contribution in [1.29, 1.82) is 0 Å². The lowest BCUT2D eigenvalue weighted by atomic mass is 10.1. The van der Waals surface area contributed by atoms with Gasteiger partial charge >= 0.3 is 0 Å². The predicted molar refractivity (Wildman–Crippen MR) is 88.9 cm³/mol. The summed E-state index contributed by atoms with van der Waals surface area (Å²) < 4.78 is 0. The first-order valence-electron chi connectivity index (χ1n) is 8.05. The highest BCUT2D eigenvalue weighted by Crippen LogP contribution is 2.15. The topological polar surface area (TPSA) is 45.2 Å². The van der Waals surface area contributed by atoms with E-state index >= 15 is 0 Å². The summed E-state index contributed by atoms with van der Waals surface area (Å²) in [7, 11) is 1.88. The van der Waals surface area contributed by atoms with Crippen LogP contribution in [-0.2, 0) is 6.42 Å². The zero-order valence-electron chi connectivity index (χ0n) is 14.1. The zero-order valence-corrected chi connectivity index (χ0v) is 14.1. The van der Waals surface area contributed by atoms with E-state index in [1.165, 1.54) is 0 Å². The van der Waals surface area contributed by atoms with Gasteiger partial charge in [0.05, 0.1) is 0 Å². The highest BCUT2D eigenvalue weighted by atomic mass is 16.2. The molecule has 0 radical (unpaired) electrons. The lowest BCUT2D eigenvalue weighted by molar-refractivity contribution is 0.0736. The minimum atomic E-state index is 0.0765. The van der Waals surface area contributed by atoms with Gasteiger partial charge in [-0.15, -0.1) is 0 Å². The molecule has 21 heavy (non-hydrogen) atoms. The first-order chi connectivity index (χ1) is 10.0. The highest BCUT2D eigenvalue weighted by molar-refractivity contribution is 5.95. The molecule has 4 heteroatoms. The highest BCUT2D eigenvalue weighted by Gasteiger charge is 2.18. The van der Waals surface area contributed by atoms with E-state index in [1.54, 1.807) is 0 Å². The molecular formula is C17H29N3O. The molecule has 118 valence electrons. The zero-order chi connectivity index (χ0) is 15.8. The van der Waals surface area contributed by atoms with Crippen molar-refractivity contribution in [1.82, 2.24) is 9.88 Å². The average molecular weight is 291 g/mol. The Labute approximate surface area is 129 Å². The van der Waals surface area contributed by atoms with E-state index in [9.17, 15) is 4.79 Å². The minimum absolute atomic E-state index is 0.0765. The van der Waals surface area contributed by atoms with E-state index in [4.69, 9.17) is 0 Å². The van der Waals surface area contributed by atoms with Gasteiger partial charge in [-0.1, -0.05) is 27.2 Å². The second-order valence-corrected chi connectivity index (χ2v) is 5.57. The van der Waals surface area contributed by atoms with Crippen molar-refractivity contribution in [2.24, 2.45) is 0 Å². The molecule has 1 heterocycles. The summed E-state index contributed by atoms with van der Waals surface area (Å²) in [6, 6.07) is 4.04. The summed E-state index contributed by atoms with van der Waals surface area (Å²) in [6.07, 6.45) is 3.97. The summed E-state index contributed by atoms with van der Waals surface area (Å²) in [5, 5.41) is 3.28. The third kappa shape index (κ3) is 5.03. The van der Waals surface area contributed by atoms with Crippen LogP contribution in [0.1, 0.15) is 63.0 Å². The normalized spacial score (nSPS) is 12.0. The van der Waals surface area contributed by atoms with Gasteiger partial charge in [-0.25, -0.2) is 4.98 Å². The fraction of sp³-hybridized carbons (Fsp3) is 0.647. The third-order valence-electron chi connectivity index (χ3n) is 3.73. The van der Waals surface area contributed by atoms with E-state index in [0.29, 0.717) is 0 Å². The Kier molecular flexibility index (Phi) is 7.20. The maximum atomic E-state index is 12.6. The number of nitrogens with one attached hydrogen (secondary N) is 1. The summed E-state index contributed by atoms with van der Waals surface area (Å²) in [5.41, 5.74) is 1.68. The van der Waals surface area contributed by atoms with Crippen molar-refractivity contribution in [3.05, 3.63) is 23.4 Å². The van der Waals surface area contributed by atoms with Gasteiger partial charge in [0.1, 0.15) is 5.82 Å². The number of aromatic nitrogens is 1. The van der Waals surface area contributed by atoms with Crippen LogP contribution < -0.4 is 5.32 Å². The molecule has 1 aromatic rings. The number of carbonyl (C=O) groups is 1. The number of amides is 1. The van der Waals surface area contributed by atoms with Crippen LogP contribution in [0.25, 0.3) is 0 Å². The molecule has 0 aliphatic rings. The molecule has 1 atom stereocenters. The second kappa shape index (κ2) is 8.65. The van der Waals surface area contributed by atoms with Crippen LogP contribution in [0.5, 0.6) is 0 Å². The van der Waals surface area contributed by atoms with Gasteiger partial charge in [-0.2, -0.15) is 0 Å². The fourth-order valence-corrected chi connectivity index (χ4v) is 2.25. The first-order valence-corrected chi connectivity index (χ1v) is 8.05. The van der Waals surface area contributed by atoms with Crippen LogP contribution in [-0.4, -0.2) is 35.4 Å². The van der Waals surface area contributed by atoms with Crippen molar-refractivity contribution in [2.75, 3.05) is 18.9 Å². The molecule has 0 saturated heterocycles. The van der Waals surface area contributed by atoms with E-state index < -0.39 is 0 Å². The number of anilines is 1. The Morgan fingerprint density at radius 3 is 2.57 bits per heavy atom. The Bertz CT molecular complexity index is 459. The molecule has 0 aliphatic heterocycles. The number of nitrogens with zero attached hydrogens (tertiary/aromatic N) is 2. The van der Waals surface area contributed by atoms with Gasteiger partial charge in [0, 0.05) is 30.9 Å². The van der Waals surface area contributed by atoms with Crippen molar-refractivity contribution in [2.45, 2.75) is 59.4 Å². The lowest BCUT2D eigenvalue weighted by Crippen LogP contribution is -2.35. The smallest absolute Gasteiger partial charge is 0.254 e. The lowest BCUT2D eigenvalue weighted by Gasteiger charge is -2.25. The monoisotopic (exact) mass is 291 g/mol. The molecule has 0 saturated carbocycles. The van der Waals surface area contributed by atoms with Crippen LogP contribution in [0.15, 0.2) is 12.1 Å². The van der Waals surface area contributed by atoms with Crippen LogP contribution in [0, 0.1) is 0 Å². The fourth-order valence-electron chi connectivity index (χ4n) is 2.25. The number of rotatable bonds is 8. The maximum absolute atomic E-state index is 12.6. The number of hydrogen-bond donors (Lipinski definition) is 1. The van der Waals surface area contributed by atoms with Crippen molar-refractivity contribution in [3.63, 3.8) is 0 Å². The Hall–Kier alpha value is -1.58. The van der Waals surface area contributed by atoms with Gasteiger partial charge in [0.25, 0.3) is 5.91 Å². The summed E-state index contributed by atoms with van der Waals surface area (Å²) in [4.78, 5) is 19.0. The van der Waals surface area contributed by atoms with Crippen molar-refractivity contribution >= 4 is 11.7 Å². The minimum Gasteiger partial charge on any atom is -0.370 e. The molecule has 1 amide bonds. The van der Waals surface area contributed by atoms with Gasteiger partial charge < -0.3 is 10.2 Å². The summed E-state index contributed by atoms with van der Waals surface area (Å²) in [6.45, 7) is 9.28. The number of carbonyl (C=O) groups excluding carboxylic acids is 1. The van der Waals surface area contributed by atoms with E-state index in [-0.39, 0.29) is 11.9 Å². The molecule has 0 aromatic carbocycles. The molecule has 1 rings (SSSR count). The van der Waals surface area contributed by atoms with Crippen LogP contribution in [0.2, 0.25) is 0 Å². The predicted octanol–water partition coefficient (Wildman–Crippen LogP) is 3.73. The Morgan fingerprint density at radius 2 is 2.00 bits per heavy atom. The molecule has 0 aliphatic carbocycles. The van der Waals surface area contributed by atoms with E-state index in [0.717, 1.165) is 49.3 Å². The van der Waals surface area contributed by atoms with E-state index in [1.807, 2.05) is 24.1 Å². The van der Waals surface area contributed by atoms with Crippen LogP contribution in [0.3, 0.4) is 0 Å². The third-order valence-corrected chi connectivity index (χ3v) is 3.73. The molecule has 4 nitrogen and oxygen atoms in total. The summed E-state index contributed by atoms with van der Waals surface area (Å²) >= 11 is 0. The number of pyridine rings is 1. The van der Waals surface area contributed by atoms with Gasteiger partial charge in [-0.3, -0.25) is 4.79 Å². The molecule has 0 spiro atoms. The van der Waals surface area contributed by atoms with Gasteiger partial charge in [0.2, 0.25) is 0 Å². The SMILES string of the molecule is CCCNc1cc(C(=O)N(C)C(C)CCC)cc(CC)n1. The standard InChI is InChI=1S/C17H29N3O/c1-6-9-13(4)20(5)17(21)14-11-15(8-3)19-16(12-14)18-10-7-2/h11-13H,6-10H2,1-5H3,(H,18,19). The average Bonchev–Trinajstić information content (AvgIpc) is 2.51. The quantitative estimate of drug-likeness (QED) is 0.794. The number of hydrogen-bond acceptors (Lipinski definition) is 3. The Morgan fingerprint density at radius 1 is 1.29 bits per heavy atom. The van der Waals surface area contributed by atoms with Crippen molar-refractivity contribution in [3.8, 4) is 0 Å². The van der Waals surface area contributed by atoms with Crippen molar-refractivity contribution < 1.29 is 4.79 Å². The maximum Gasteiger partial charge on any atom is 0.254 e. The Balaban J connectivity index is 2.96. The molecule has 0 bridgehead atoms. The molecular weight excluding hydrogens is 262 g/mol. The van der Waals surface area contributed by atoms with Crippen LogP contribution >= 0.6 is 0 Å².